The Kier molecular flexibility index (Phi) is 3.68. The maximum atomic E-state index is 10.2. The molecule has 4 heteroatoms. The van der Waals surface area contributed by atoms with Crippen LogP contribution in [0.2, 0.25) is 0 Å². The smallest absolute Gasteiger partial charge is 0.112 e. The molecule has 4 nitrogen and oxygen atoms in total. The number of aryl methyl sites for hydroxylation is 1. The highest BCUT2D eigenvalue weighted by Crippen LogP contribution is 2.20. The second-order valence-electron chi connectivity index (χ2n) is 4.87. The van der Waals surface area contributed by atoms with Gasteiger partial charge in [0, 0.05) is 20.1 Å². The molecule has 0 radical (unpaired) electrons. The third-order valence-electron chi connectivity index (χ3n) is 3.04. The molecule has 0 spiro atoms. The van der Waals surface area contributed by atoms with E-state index in [1.54, 1.807) is 14.0 Å². The van der Waals surface area contributed by atoms with Gasteiger partial charge in [-0.1, -0.05) is 12.1 Å². The molecule has 0 aliphatic carbocycles. The molecule has 1 N–H and O–H groups in total. The minimum absolute atomic E-state index is 0.305. The van der Waals surface area contributed by atoms with Crippen LogP contribution in [-0.4, -0.2) is 34.0 Å². The van der Waals surface area contributed by atoms with Crippen LogP contribution < -0.4 is 0 Å². The summed E-state index contributed by atoms with van der Waals surface area (Å²) in [6.45, 7) is 5.01. The summed E-state index contributed by atoms with van der Waals surface area (Å²) in [5, 5.41) is 10.2. The van der Waals surface area contributed by atoms with E-state index in [1.807, 2.05) is 18.2 Å². The lowest BCUT2D eigenvalue weighted by Gasteiger charge is -2.22. The first-order valence-electron chi connectivity index (χ1n) is 6.23. The zero-order chi connectivity index (χ0) is 13.2. The number of nitrogens with zero attached hydrogens (tertiary/aromatic N) is 2. The highest BCUT2D eigenvalue weighted by molar-refractivity contribution is 5.75. The van der Waals surface area contributed by atoms with E-state index in [9.17, 15) is 5.11 Å². The largest absolute Gasteiger partial charge is 0.387 e. The number of hydrogen-bond donors (Lipinski definition) is 1. The quantitative estimate of drug-likeness (QED) is 0.880. The summed E-state index contributed by atoms with van der Waals surface area (Å²) in [5.74, 6) is 0.903. The Labute approximate surface area is 107 Å². The lowest BCUT2D eigenvalue weighted by atomic mass is 10.0. The second kappa shape index (κ2) is 5.08. The highest BCUT2D eigenvalue weighted by atomic mass is 16.5. The van der Waals surface area contributed by atoms with Crippen molar-refractivity contribution in [1.82, 2.24) is 9.55 Å². The molecule has 1 atom stereocenters. The Morgan fingerprint density at radius 3 is 2.78 bits per heavy atom. The van der Waals surface area contributed by atoms with Crippen LogP contribution >= 0.6 is 0 Å². The Hall–Kier alpha value is -1.39. The molecule has 0 amide bonds. The van der Waals surface area contributed by atoms with Gasteiger partial charge in [-0.2, -0.15) is 0 Å². The molecule has 1 aromatic heterocycles. The van der Waals surface area contributed by atoms with E-state index in [4.69, 9.17) is 4.74 Å². The van der Waals surface area contributed by atoms with Crippen LogP contribution in [0.4, 0.5) is 0 Å². The fourth-order valence-electron chi connectivity index (χ4n) is 2.32. The van der Waals surface area contributed by atoms with E-state index in [1.165, 1.54) is 0 Å². The number of fused-ring (bicyclic) bond motifs is 1. The van der Waals surface area contributed by atoms with Crippen molar-refractivity contribution < 1.29 is 9.84 Å². The zero-order valence-electron chi connectivity index (χ0n) is 11.2. The van der Waals surface area contributed by atoms with Gasteiger partial charge < -0.3 is 14.4 Å². The van der Waals surface area contributed by atoms with Gasteiger partial charge >= 0.3 is 0 Å². The van der Waals surface area contributed by atoms with Crippen LogP contribution in [0.3, 0.4) is 0 Å². The van der Waals surface area contributed by atoms with Crippen molar-refractivity contribution in [2.24, 2.45) is 0 Å². The number of aromatic nitrogens is 2. The number of methoxy groups -OCH3 is 1. The number of ether oxygens (including phenoxy) is 1. The molecule has 0 saturated heterocycles. The molecule has 98 valence electrons. The van der Waals surface area contributed by atoms with Crippen molar-refractivity contribution >= 4 is 11.0 Å². The van der Waals surface area contributed by atoms with Gasteiger partial charge in [0.25, 0.3) is 0 Å². The Morgan fingerprint density at radius 1 is 1.39 bits per heavy atom. The maximum absolute atomic E-state index is 10.2. The summed E-state index contributed by atoms with van der Waals surface area (Å²) in [5.41, 5.74) is 1.20. The third kappa shape index (κ3) is 2.54. The van der Waals surface area contributed by atoms with Crippen molar-refractivity contribution in [3.63, 3.8) is 0 Å². The molecule has 2 rings (SSSR count). The monoisotopic (exact) mass is 248 g/mol. The number of hydrogen-bond acceptors (Lipinski definition) is 3. The van der Waals surface area contributed by atoms with Gasteiger partial charge in [-0.25, -0.2) is 4.98 Å². The Balaban J connectivity index is 2.38. The van der Waals surface area contributed by atoms with Crippen molar-refractivity contribution in [1.29, 1.82) is 0 Å². The minimum Gasteiger partial charge on any atom is -0.387 e. The van der Waals surface area contributed by atoms with Crippen LogP contribution in [-0.2, 0) is 17.7 Å². The van der Waals surface area contributed by atoms with Gasteiger partial charge in [-0.3, -0.25) is 0 Å². The van der Waals surface area contributed by atoms with Crippen LogP contribution in [0.1, 0.15) is 19.7 Å². The van der Waals surface area contributed by atoms with Crippen LogP contribution in [0.15, 0.2) is 24.3 Å². The Morgan fingerprint density at radius 2 is 2.11 bits per heavy atom. The molecule has 2 aromatic rings. The SMILES string of the molecule is CCn1c(CC(C)(O)COC)nc2ccccc21. The number of imidazole rings is 1. The lowest BCUT2D eigenvalue weighted by molar-refractivity contribution is -0.0178. The molecule has 0 aliphatic rings. The van der Waals surface area contributed by atoms with Gasteiger partial charge in [-0.05, 0) is 26.0 Å². The van der Waals surface area contributed by atoms with Crippen molar-refractivity contribution in [3.8, 4) is 0 Å². The molecular formula is C14H20N2O2. The average Bonchev–Trinajstić information content (AvgIpc) is 2.64. The maximum Gasteiger partial charge on any atom is 0.112 e. The molecule has 0 saturated carbocycles. The third-order valence-corrected chi connectivity index (χ3v) is 3.04. The minimum atomic E-state index is -0.886. The summed E-state index contributed by atoms with van der Waals surface area (Å²) in [6.07, 6.45) is 0.489. The van der Waals surface area contributed by atoms with Gasteiger partial charge in [0.2, 0.25) is 0 Å². The predicted octanol–water partition coefficient (Wildman–Crippen LogP) is 2.00. The van der Waals surface area contributed by atoms with Crippen molar-refractivity contribution in [3.05, 3.63) is 30.1 Å². The summed E-state index contributed by atoms with van der Waals surface area (Å²) < 4.78 is 7.18. The lowest BCUT2D eigenvalue weighted by Crippen LogP contribution is -2.34. The molecule has 18 heavy (non-hydrogen) atoms. The number of rotatable bonds is 5. The van der Waals surface area contributed by atoms with Crippen molar-refractivity contribution in [2.45, 2.75) is 32.4 Å². The van der Waals surface area contributed by atoms with Crippen LogP contribution in [0.5, 0.6) is 0 Å². The first kappa shape index (κ1) is 13.1. The summed E-state index contributed by atoms with van der Waals surface area (Å²) >= 11 is 0. The van der Waals surface area contributed by atoms with Crippen LogP contribution in [0, 0.1) is 0 Å². The second-order valence-corrected chi connectivity index (χ2v) is 4.87. The fourth-order valence-corrected chi connectivity index (χ4v) is 2.32. The summed E-state index contributed by atoms with van der Waals surface area (Å²) in [6, 6.07) is 8.04. The summed E-state index contributed by atoms with van der Waals surface area (Å²) in [7, 11) is 1.59. The molecule has 1 unspecified atom stereocenters. The number of para-hydroxylation sites is 2. The normalized spacial score (nSPS) is 14.9. The topological polar surface area (TPSA) is 47.3 Å². The van der Waals surface area contributed by atoms with E-state index in [0.29, 0.717) is 13.0 Å². The fraction of sp³-hybridized carbons (Fsp3) is 0.500. The standard InChI is InChI=1S/C14H20N2O2/c1-4-16-12-8-6-5-7-11(12)15-13(16)9-14(2,17)10-18-3/h5-8,17H,4,9-10H2,1-3H3. The van der Waals surface area contributed by atoms with Crippen LogP contribution in [0.25, 0.3) is 11.0 Å². The summed E-state index contributed by atoms with van der Waals surface area (Å²) in [4.78, 5) is 4.60. The van der Waals surface area contributed by atoms with Gasteiger partial charge in [0.05, 0.1) is 23.2 Å². The van der Waals surface area contributed by atoms with E-state index in [0.717, 1.165) is 23.4 Å². The van der Waals surface area contributed by atoms with Gasteiger partial charge in [0.15, 0.2) is 0 Å². The molecule has 0 fully saturated rings. The van der Waals surface area contributed by atoms with Crippen molar-refractivity contribution in [2.75, 3.05) is 13.7 Å². The first-order valence-corrected chi connectivity index (χ1v) is 6.23. The number of benzene rings is 1. The van der Waals surface area contributed by atoms with Gasteiger partial charge in [0.1, 0.15) is 5.82 Å². The highest BCUT2D eigenvalue weighted by Gasteiger charge is 2.24. The van der Waals surface area contributed by atoms with E-state index in [-0.39, 0.29) is 0 Å². The molecule has 1 heterocycles. The molecule has 0 aliphatic heterocycles. The Bertz CT molecular complexity index is 532. The predicted molar refractivity (Wildman–Crippen MR) is 71.6 cm³/mol. The first-order chi connectivity index (χ1) is 8.57. The molecule has 1 aromatic carbocycles. The number of aliphatic hydroxyl groups is 1. The van der Waals surface area contributed by atoms with E-state index in [2.05, 4.69) is 22.5 Å². The van der Waals surface area contributed by atoms with Gasteiger partial charge in [-0.15, -0.1) is 0 Å². The molecular weight excluding hydrogens is 228 g/mol. The average molecular weight is 248 g/mol. The van der Waals surface area contributed by atoms with E-state index < -0.39 is 5.60 Å². The van der Waals surface area contributed by atoms with E-state index >= 15 is 0 Å². The zero-order valence-corrected chi connectivity index (χ0v) is 11.2. The molecule has 0 bridgehead atoms.